The molecule has 3 amide bonds. The van der Waals surface area contributed by atoms with E-state index >= 15 is 0 Å². The number of urea groups is 1. The highest BCUT2D eigenvalue weighted by Gasteiger charge is 2.17. The van der Waals surface area contributed by atoms with Crippen LogP contribution in [0.15, 0.2) is 65.8 Å². The van der Waals surface area contributed by atoms with E-state index in [1.165, 1.54) is 30.5 Å². The van der Waals surface area contributed by atoms with Crippen LogP contribution in [0.4, 0.5) is 14.9 Å². The summed E-state index contributed by atoms with van der Waals surface area (Å²) in [6.45, 7) is 4.49. The third-order valence-electron chi connectivity index (χ3n) is 5.20. The first-order valence-electron chi connectivity index (χ1n) is 11.5. The number of aromatic nitrogens is 1. The topological polar surface area (TPSA) is 111 Å². The van der Waals surface area contributed by atoms with Gasteiger partial charge in [-0.2, -0.15) is 5.26 Å². The van der Waals surface area contributed by atoms with Crippen molar-refractivity contribution in [1.29, 1.82) is 5.26 Å². The molecule has 190 valence electrons. The van der Waals surface area contributed by atoms with Crippen LogP contribution in [0.1, 0.15) is 30.0 Å². The molecule has 10 heteroatoms. The van der Waals surface area contributed by atoms with Crippen molar-refractivity contribution < 1.29 is 18.7 Å². The van der Waals surface area contributed by atoms with Gasteiger partial charge in [0.1, 0.15) is 6.07 Å². The third kappa shape index (κ3) is 7.60. The molecule has 3 rings (SSSR count). The van der Waals surface area contributed by atoms with Crippen molar-refractivity contribution in [2.45, 2.75) is 26.8 Å². The Balaban J connectivity index is 1.86. The average Bonchev–Trinajstić information content (AvgIpc) is 2.90. The number of amides is 3. The number of nitrogens with zero attached hydrogens (tertiary/aromatic N) is 5. The van der Waals surface area contributed by atoms with E-state index in [9.17, 15) is 14.0 Å². The number of carbonyl (C=O) groups excluding carboxylic acids is 2. The normalized spacial score (nSPS) is 10.8. The number of rotatable bonds is 8. The summed E-state index contributed by atoms with van der Waals surface area (Å²) < 4.78 is 20.3. The lowest BCUT2D eigenvalue weighted by atomic mass is 10.1. The minimum atomic E-state index is -0.695. The van der Waals surface area contributed by atoms with Crippen LogP contribution in [0.5, 0.6) is 11.6 Å². The maximum absolute atomic E-state index is 14.8. The van der Waals surface area contributed by atoms with Crippen molar-refractivity contribution in [3.05, 3.63) is 83.3 Å². The summed E-state index contributed by atoms with van der Waals surface area (Å²) >= 11 is 0. The molecule has 9 nitrogen and oxygen atoms in total. The standard InChI is InChI=1S/C27H27FN6O3/c1-4-13-34(18-35)27(36)32-26(33(3)17-20-7-5-19(2)6-8-20)31-22-10-11-24(23(28)14-22)37-25-12-9-21(15-29)16-30-25/h5-12,14,16,18H,4,13,17H2,1-3H3,(H,31,32,36). The second kappa shape index (κ2) is 12.8. The van der Waals surface area contributed by atoms with Crippen molar-refractivity contribution in [2.24, 2.45) is 4.99 Å². The predicted octanol–water partition coefficient (Wildman–Crippen LogP) is 4.89. The Bertz CT molecular complexity index is 1300. The first-order chi connectivity index (χ1) is 17.8. The number of nitriles is 1. The maximum atomic E-state index is 14.8. The summed E-state index contributed by atoms with van der Waals surface area (Å²) in [7, 11) is 1.73. The quantitative estimate of drug-likeness (QED) is 0.267. The summed E-state index contributed by atoms with van der Waals surface area (Å²) in [6, 6.07) is 16.2. The highest BCUT2D eigenvalue weighted by molar-refractivity contribution is 6.00. The molecule has 0 unspecified atom stereocenters. The van der Waals surface area contributed by atoms with Crippen LogP contribution >= 0.6 is 0 Å². The summed E-state index contributed by atoms with van der Waals surface area (Å²) in [5, 5.41) is 11.5. The zero-order valence-electron chi connectivity index (χ0n) is 20.8. The molecule has 1 N–H and O–H groups in total. The van der Waals surface area contributed by atoms with E-state index in [4.69, 9.17) is 10.00 Å². The molecule has 0 saturated carbocycles. The Kier molecular flexibility index (Phi) is 9.27. The monoisotopic (exact) mass is 502 g/mol. The number of hydrogen-bond acceptors (Lipinski definition) is 6. The fourth-order valence-electron chi connectivity index (χ4n) is 3.25. The Hall–Kier alpha value is -4.78. The Morgan fingerprint density at radius 1 is 1.22 bits per heavy atom. The van der Waals surface area contributed by atoms with Crippen LogP contribution in [-0.2, 0) is 11.3 Å². The van der Waals surface area contributed by atoms with Gasteiger partial charge in [-0.1, -0.05) is 36.8 Å². The molecule has 2 aromatic carbocycles. The van der Waals surface area contributed by atoms with E-state index < -0.39 is 11.8 Å². The number of aliphatic imine (C=N–C) groups is 1. The molecule has 3 aromatic rings. The zero-order valence-corrected chi connectivity index (χ0v) is 20.8. The van der Waals surface area contributed by atoms with Crippen LogP contribution in [0, 0.1) is 24.1 Å². The summed E-state index contributed by atoms with van der Waals surface area (Å²) in [6.07, 6.45) is 2.38. The largest absolute Gasteiger partial charge is 0.436 e. The Morgan fingerprint density at radius 3 is 2.57 bits per heavy atom. The van der Waals surface area contributed by atoms with Gasteiger partial charge in [0.25, 0.3) is 0 Å². The summed E-state index contributed by atoms with van der Waals surface area (Å²) in [5.74, 6) is -0.509. The minimum Gasteiger partial charge on any atom is -0.436 e. The Morgan fingerprint density at radius 2 is 1.97 bits per heavy atom. The zero-order chi connectivity index (χ0) is 26.8. The number of hydrogen-bond donors (Lipinski definition) is 1. The first kappa shape index (κ1) is 26.8. The van der Waals surface area contributed by atoms with Gasteiger partial charge in [0.2, 0.25) is 18.2 Å². The summed E-state index contributed by atoms with van der Waals surface area (Å²) in [4.78, 5) is 35.2. The maximum Gasteiger partial charge on any atom is 0.330 e. The molecule has 0 atom stereocenters. The van der Waals surface area contributed by atoms with Crippen molar-refractivity contribution in [1.82, 2.24) is 20.1 Å². The van der Waals surface area contributed by atoms with Gasteiger partial charge < -0.3 is 9.64 Å². The van der Waals surface area contributed by atoms with E-state index in [-0.39, 0.29) is 29.8 Å². The van der Waals surface area contributed by atoms with E-state index in [1.54, 1.807) is 11.9 Å². The second-order valence-corrected chi connectivity index (χ2v) is 8.22. The molecule has 0 fully saturated rings. The molecule has 0 aliphatic rings. The van der Waals surface area contributed by atoms with Crippen molar-refractivity contribution >= 4 is 24.1 Å². The van der Waals surface area contributed by atoms with Crippen molar-refractivity contribution in [3.63, 3.8) is 0 Å². The fraction of sp³-hybridized carbons (Fsp3) is 0.222. The number of pyridine rings is 1. The Labute approximate surface area is 214 Å². The smallest absolute Gasteiger partial charge is 0.330 e. The molecule has 0 radical (unpaired) electrons. The second-order valence-electron chi connectivity index (χ2n) is 8.22. The van der Waals surface area contributed by atoms with Gasteiger partial charge in [0.05, 0.1) is 11.3 Å². The number of aryl methyl sites for hydroxylation is 1. The molecule has 0 spiro atoms. The van der Waals surface area contributed by atoms with Crippen molar-refractivity contribution in [2.75, 3.05) is 13.6 Å². The van der Waals surface area contributed by atoms with Crippen LogP contribution in [0.2, 0.25) is 0 Å². The average molecular weight is 503 g/mol. The van der Waals surface area contributed by atoms with Gasteiger partial charge in [-0.15, -0.1) is 0 Å². The van der Waals surface area contributed by atoms with E-state index in [1.807, 2.05) is 44.2 Å². The third-order valence-corrected chi connectivity index (χ3v) is 5.20. The minimum absolute atomic E-state index is 0.0789. The van der Waals surface area contributed by atoms with Crippen molar-refractivity contribution in [3.8, 4) is 17.7 Å². The number of nitrogens with one attached hydrogen (secondary N) is 1. The van der Waals surface area contributed by atoms with Gasteiger partial charge in [-0.25, -0.2) is 19.2 Å². The van der Waals surface area contributed by atoms with Gasteiger partial charge in [-0.05, 0) is 37.1 Å². The molecule has 0 bridgehead atoms. The molecule has 0 saturated heterocycles. The van der Waals surface area contributed by atoms with Gasteiger partial charge >= 0.3 is 6.03 Å². The van der Waals surface area contributed by atoms with Gasteiger partial charge in [0, 0.05) is 38.5 Å². The lowest BCUT2D eigenvalue weighted by Crippen LogP contribution is -2.47. The molecule has 0 aliphatic heterocycles. The van der Waals surface area contributed by atoms with Gasteiger partial charge in [-0.3, -0.25) is 15.0 Å². The number of guanidine groups is 1. The molecule has 0 aliphatic carbocycles. The molecule has 37 heavy (non-hydrogen) atoms. The van der Waals surface area contributed by atoms with E-state index in [0.29, 0.717) is 24.9 Å². The molecular weight excluding hydrogens is 475 g/mol. The van der Waals surface area contributed by atoms with Crippen LogP contribution < -0.4 is 10.1 Å². The van der Waals surface area contributed by atoms with Crippen LogP contribution in [0.3, 0.4) is 0 Å². The number of ether oxygens (including phenoxy) is 1. The highest BCUT2D eigenvalue weighted by Crippen LogP contribution is 2.27. The summed E-state index contributed by atoms with van der Waals surface area (Å²) in [5.41, 5.74) is 2.66. The lowest BCUT2D eigenvalue weighted by Gasteiger charge is -2.24. The number of imide groups is 1. The highest BCUT2D eigenvalue weighted by atomic mass is 19.1. The van der Waals surface area contributed by atoms with E-state index in [2.05, 4.69) is 15.3 Å². The SMILES string of the molecule is CCCN(C=O)C(=O)NC(=Nc1ccc(Oc2ccc(C#N)cn2)c(F)c1)N(C)Cc1ccc(C)cc1. The number of carbonyl (C=O) groups is 2. The van der Waals surface area contributed by atoms with Crippen LogP contribution in [-0.4, -0.2) is 46.8 Å². The molecule has 1 aromatic heterocycles. The first-order valence-corrected chi connectivity index (χ1v) is 11.5. The number of halogens is 1. The fourth-order valence-corrected chi connectivity index (χ4v) is 3.25. The predicted molar refractivity (Wildman–Crippen MR) is 137 cm³/mol. The number of benzene rings is 2. The molecular formula is C27H27FN6O3. The van der Waals surface area contributed by atoms with Crippen LogP contribution in [0.25, 0.3) is 0 Å². The lowest BCUT2D eigenvalue weighted by molar-refractivity contribution is -0.115. The van der Waals surface area contributed by atoms with E-state index in [0.717, 1.165) is 22.1 Å². The molecule has 1 heterocycles. The van der Waals surface area contributed by atoms with Gasteiger partial charge in [0.15, 0.2) is 11.6 Å².